The second kappa shape index (κ2) is 3.37. The van der Waals surface area contributed by atoms with Crippen molar-refractivity contribution in [3.8, 4) is 6.01 Å². The van der Waals surface area contributed by atoms with Crippen molar-refractivity contribution in [2.24, 2.45) is 0 Å². The van der Waals surface area contributed by atoms with Gasteiger partial charge in [0.2, 0.25) is 0 Å². The molecule has 0 radical (unpaired) electrons. The van der Waals surface area contributed by atoms with E-state index in [9.17, 15) is 0 Å². The largest absolute Gasteiger partial charge is 0.455 e. The van der Waals surface area contributed by atoms with Crippen molar-refractivity contribution in [1.82, 2.24) is 9.97 Å². The zero-order valence-electron chi connectivity index (χ0n) is 12.6. The number of nitrogens with zero attached hydrogens (tertiary/aromatic N) is 2. The van der Waals surface area contributed by atoms with Gasteiger partial charge in [-0.3, -0.25) is 0 Å². The van der Waals surface area contributed by atoms with E-state index in [0.29, 0.717) is 0 Å². The van der Waals surface area contributed by atoms with Crippen molar-refractivity contribution >= 4 is 15.9 Å². The van der Waals surface area contributed by atoms with E-state index >= 15 is 0 Å². The predicted molar refractivity (Wildman–Crippen MR) is 45.0 cm³/mol. The third-order valence-electron chi connectivity index (χ3n) is 0.985. The van der Waals surface area contributed by atoms with Gasteiger partial charge >= 0.3 is 6.01 Å². The van der Waals surface area contributed by atoms with Crippen molar-refractivity contribution in [1.29, 1.82) is 0 Å². The fourth-order valence-corrected chi connectivity index (χ4v) is 0.770. The van der Waals surface area contributed by atoms with Gasteiger partial charge in [0.15, 0.2) is 0 Å². The molecule has 0 N–H and O–H groups in total. The van der Waals surface area contributed by atoms with Crippen LogP contribution in [-0.4, -0.2) is 29.2 Å². The second-order valence-corrected chi connectivity index (χ2v) is 2.52. The molecule has 0 aliphatic carbocycles. The summed E-state index contributed by atoms with van der Waals surface area (Å²) in [4.78, 5) is 7.04. The molecule has 5 heteroatoms. The molecule has 2 heterocycles. The number of ether oxygens (including phenoxy) is 2. The second-order valence-electron chi connectivity index (χ2n) is 1.77. The maximum Gasteiger partial charge on any atom is 0.317 e. The van der Waals surface area contributed by atoms with Crippen LogP contribution in [0, 0.1) is 0 Å². The average molecular weight is 238 g/mol. The van der Waals surface area contributed by atoms with Crippen LogP contribution in [0.3, 0.4) is 0 Å². The van der Waals surface area contributed by atoms with Crippen LogP contribution in [-0.2, 0) is 4.74 Å². The Hall–Kier alpha value is -0.680. The summed E-state index contributed by atoms with van der Waals surface area (Å²) in [6.45, 7) is -5.37. The standard InChI is InChI=1S/C7H7BrN2O2/c8-6-1-2-9-7(10-6)12-5-3-11-4-5/h1-2,5H,3-4H2/i1D,2D,3D2,4D2,5D. The number of hydrogen-bond donors (Lipinski definition) is 0. The van der Waals surface area contributed by atoms with Gasteiger partial charge in [-0.1, -0.05) is 0 Å². The molecule has 0 bridgehead atoms. The SMILES string of the molecule is [2H]c1nc(OC2([2H])C([2H])([2H])OC2([2H])[2H])nc(Br)c1[2H]. The van der Waals surface area contributed by atoms with Crippen molar-refractivity contribution in [2.75, 3.05) is 13.1 Å². The van der Waals surface area contributed by atoms with Crippen LogP contribution in [0.4, 0.5) is 0 Å². The molecule has 1 aliphatic heterocycles. The number of halogens is 1. The fraction of sp³-hybridized carbons (Fsp3) is 0.429. The Labute approximate surface area is 87.9 Å². The highest BCUT2D eigenvalue weighted by molar-refractivity contribution is 9.10. The van der Waals surface area contributed by atoms with Crippen LogP contribution >= 0.6 is 15.9 Å². The van der Waals surface area contributed by atoms with Crippen LogP contribution in [0.5, 0.6) is 6.01 Å². The van der Waals surface area contributed by atoms with Crippen LogP contribution < -0.4 is 4.74 Å². The summed E-state index contributed by atoms with van der Waals surface area (Å²) in [6, 6.07) is -0.888. The highest BCUT2D eigenvalue weighted by Gasteiger charge is 2.20. The first kappa shape index (κ1) is 3.23. The van der Waals surface area contributed by atoms with Gasteiger partial charge in [0.25, 0.3) is 0 Å². The number of hydrogen-bond acceptors (Lipinski definition) is 4. The third kappa shape index (κ3) is 1.73. The van der Waals surface area contributed by atoms with E-state index in [-0.39, 0.29) is 10.6 Å². The van der Waals surface area contributed by atoms with Crippen LogP contribution in [0.25, 0.3) is 0 Å². The Bertz CT molecular complexity index is 503. The first-order valence-electron chi connectivity index (χ1n) is 6.40. The lowest BCUT2D eigenvalue weighted by Crippen LogP contribution is -2.39. The minimum Gasteiger partial charge on any atom is -0.455 e. The Morgan fingerprint density at radius 2 is 2.75 bits per heavy atom. The summed E-state index contributed by atoms with van der Waals surface area (Å²) in [6.07, 6.45) is -3.20. The molecule has 1 aromatic heterocycles. The van der Waals surface area contributed by atoms with E-state index < -0.39 is 31.4 Å². The van der Waals surface area contributed by atoms with Crippen molar-refractivity contribution in [3.05, 3.63) is 16.8 Å². The smallest absolute Gasteiger partial charge is 0.317 e. The lowest BCUT2D eigenvalue weighted by molar-refractivity contribution is -0.0831. The Morgan fingerprint density at radius 1 is 1.92 bits per heavy atom. The molecular weight excluding hydrogens is 224 g/mol. The molecule has 1 saturated heterocycles. The van der Waals surface area contributed by atoms with Gasteiger partial charge in [0.1, 0.15) is 10.7 Å². The van der Waals surface area contributed by atoms with E-state index in [4.69, 9.17) is 14.3 Å². The lowest BCUT2D eigenvalue weighted by atomic mass is 10.3. The van der Waals surface area contributed by atoms with Gasteiger partial charge in [0.05, 0.1) is 22.7 Å². The van der Waals surface area contributed by atoms with Crippen molar-refractivity contribution in [2.45, 2.75) is 6.08 Å². The minimum atomic E-state index is -2.70. The Morgan fingerprint density at radius 3 is 3.42 bits per heavy atom. The maximum absolute atomic E-state index is 7.70. The predicted octanol–water partition coefficient (Wildman–Crippen LogP) is 1.02. The van der Waals surface area contributed by atoms with Crippen molar-refractivity contribution in [3.63, 3.8) is 0 Å². The fourth-order valence-electron chi connectivity index (χ4n) is 0.530. The van der Waals surface area contributed by atoms with E-state index in [0.717, 1.165) is 0 Å². The van der Waals surface area contributed by atoms with Gasteiger partial charge in [-0.2, -0.15) is 4.98 Å². The zero-order chi connectivity index (χ0) is 14.6. The number of aromatic nitrogens is 2. The molecule has 0 atom stereocenters. The Balaban J connectivity index is 2.36. The quantitative estimate of drug-likeness (QED) is 0.721. The van der Waals surface area contributed by atoms with Gasteiger partial charge in [-0.25, -0.2) is 4.98 Å². The minimum absolute atomic E-state index is 0.0764. The summed E-state index contributed by atoms with van der Waals surface area (Å²) in [5.74, 6) is 0. The first-order valence-corrected chi connectivity index (χ1v) is 3.69. The monoisotopic (exact) mass is 237 g/mol. The molecule has 0 aromatic carbocycles. The van der Waals surface area contributed by atoms with Gasteiger partial charge in [-0.15, -0.1) is 0 Å². The van der Waals surface area contributed by atoms with Crippen LogP contribution in [0.1, 0.15) is 9.60 Å². The van der Waals surface area contributed by atoms with E-state index in [1.165, 1.54) is 0 Å². The summed E-state index contributed by atoms with van der Waals surface area (Å²) in [5.41, 5.74) is 0. The third-order valence-corrected chi connectivity index (χ3v) is 1.36. The van der Waals surface area contributed by atoms with E-state index in [1.54, 1.807) is 0 Å². The summed E-state index contributed by atoms with van der Waals surface area (Å²) in [5, 5.41) is 0. The van der Waals surface area contributed by atoms with Crippen LogP contribution in [0.2, 0.25) is 0 Å². The van der Waals surface area contributed by atoms with Gasteiger partial charge in [-0.05, 0) is 22.0 Å². The molecule has 0 unspecified atom stereocenters. The zero-order valence-corrected chi connectivity index (χ0v) is 7.17. The molecule has 64 valence electrons. The van der Waals surface area contributed by atoms with Crippen molar-refractivity contribution < 1.29 is 19.1 Å². The summed E-state index contributed by atoms with van der Waals surface area (Å²) < 4.78 is 60.7. The molecule has 4 nitrogen and oxygen atoms in total. The molecule has 1 aromatic rings. The molecule has 0 spiro atoms. The molecule has 12 heavy (non-hydrogen) atoms. The van der Waals surface area contributed by atoms with Crippen LogP contribution in [0.15, 0.2) is 16.8 Å². The molecule has 2 rings (SSSR count). The number of rotatable bonds is 2. The van der Waals surface area contributed by atoms with Gasteiger partial charge < -0.3 is 9.47 Å². The molecule has 0 saturated carbocycles. The first-order chi connectivity index (χ1) is 8.50. The molecule has 0 amide bonds. The summed E-state index contributed by atoms with van der Waals surface area (Å²) >= 11 is 2.88. The van der Waals surface area contributed by atoms with Gasteiger partial charge in [0, 0.05) is 6.17 Å². The lowest BCUT2D eigenvalue weighted by Gasteiger charge is -2.25. The highest BCUT2D eigenvalue weighted by atomic mass is 79.9. The molecule has 1 aliphatic rings. The maximum atomic E-state index is 7.70. The van der Waals surface area contributed by atoms with E-state index in [2.05, 4.69) is 30.6 Å². The Kier molecular flexibility index (Phi) is 0.906. The topological polar surface area (TPSA) is 44.2 Å². The summed E-state index contributed by atoms with van der Waals surface area (Å²) in [7, 11) is 0. The van der Waals surface area contributed by atoms with E-state index in [1.807, 2.05) is 0 Å². The normalized spacial score (nSPS) is 36.6. The molecule has 1 fully saturated rings. The average Bonchev–Trinajstić information content (AvgIpc) is 2.23. The molecular formula is C7H7BrN2O2. The highest BCUT2D eigenvalue weighted by Crippen LogP contribution is 2.13.